The third kappa shape index (κ3) is 2.60. The normalized spacial score (nSPS) is 26.2. The van der Waals surface area contributed by atoms with Gasteiger partial charge in [0.25, 0.3) is 0 Å². The van der Waals surface area contributed by atoms with Crippen molar-refractivity contribution in [3.05, 3.63) is 29.6 Å². The second-order valence-electron chi connectivity index (χ2n) is 4.89. The third-order valence-electron chi connectivity index (χ3n) is 3.43. The smallest absolute Gasteiger partial charge is 0.0547 e. The maximum Gasteiger partial charge on any atom is 0.0547 e. The van der Waals surface area contributed by atoms with E-state index in [4.69, 9.17) is 5.73 Å². The highest BCUT2D eigenvalue weighted by atomic mass is 15.2. The zero-order chi connectivity index (χ0) is 11.5. The maximum absolute atomic E-state index is 5.73. The summed E-state index contributed by atoms with van der Waals surface area (Å²) in [5.74, 6) is 0.666. The average molecular weight is 219 g/mol. The number of nitrogens with two attached hydrogens (primary N) is 1. The fourth-order valence-electron chi connectivity index (χ4n) is 2.50. The van der Waals surface area contributed by atoms with Gasteiger partial charge in [-0.1, -0.05) is 6.07 Å². The van der Waals surface area contributed by atoms with Gasteiger partial charge in [0.15, 0.2) is 0 Å². The van der Waals surface area contributed by atoms with E-state index in [0.29, 0.717) is 12.0 Å². The SMILES string of the molecule is Cc1cccc(CN2CC(CN)CC2C)n1. The van der Waals surface area contributed by atoms with Crippen molar-refractivity contribution >= 4 is 0 Å². The van der Waals surface area contributed by atoms with Gasteiger partial charge in [-0.2, -0.15) is 0 Å². The van der Waals surface area contributed by atoms with Crippen LogP contribution in [-0.4, -0.2) is 29.0 Å². The van der Waals surface area contributed by atoms with Crippen molar-refractivity contribution in [2.24, 2.45) is 11.7 Å². The van der Waals surface area contributed by atoms with Crippen LogP contribution in [0.25, 0.3) is 0 Å². The number of rotatable bonds is 3. The van der Waals surface area contributed by atoms with Crippen LogP contribution >= 0.6 is 0 Å². The molecule has 1 aliphatic heterocycles. The Labute approximate surface area is 97.7 Å². The summed E-state index contributed by atoms with van der Waals surface area (Å²) in [5.41, 5.74) is 8.00. The van der Waals surface area contributed by atoms with E-state index in [9.17, 15) is 0 Å². The molecular formula is C13H21N3. The predicted octanol–water partition coefficient (Wildman–Crippen LogP) is 1.56. The first-order valence-electron chi connectivity index (χ1n) is 6.05. The molecule has 2 rings (SSSR count). The predicted molar refractivity (Wildman–Crippen MR) is 66.0 cm³/mol. The molecule has 0 aliphatic carbocycles. The van der Waals surface area contributed by atoms with Gasteiger partial charge < -0.3 is 5.73 Å². The van der Waals surface area contributed by atoms with Crippen LogP contribution in [0.4, 0.5) is 0 Å². The van der Waals surface area contributed by atoms with E-state index in [1.165, 1.54) is 12.1 Å². The van der Waals surface area contributed by atoms with Crippen LogP contribution in [0, 0.1) is 12.8 Å². The Balaban J connectivity index is 2.00. The van der Waals surface area contributed by atoms with E-state index < -0.39 is 0 Å². The first kappa shape index (κ1) is 11.6. The molecule has 1 saturated heterocycles. The van der Waals surface area contributed by atoms with Crippen LogP contribution in [0.15, 0.2) is 18.2 Å². The monoisotopic (exact) mass is 219 g/mol. The molecule has 1 fully saturated rings. The minimum absolute atomic E-state index is 0.635. The number of aromatic nitrogens is 1. The molecule has 0 spiro atoms. The molecule has 0 bridgehead atoms. The topological polar surface area (TPSA) is 42.1 Å². The van der Waals surface area contributed by atoms with Gasteiger partial charge in [0.2, 0.25) is 0 Å². The molecule has 1 aromatic heterocycles. The lowest BCUT2D eigenvalue weighted by Gasteiger charge is -2.20. The lowest BCUT2D eigenvalue weighted by molar-refractivity contribution is 0.253. The summed E-state index contributed by atoms with van der Waals surface area (Å²) in [6.07, 6.45) is 1.22. The molecule has 1 aliphatic rings. The Hall–Kier alpha value is -0.930. The number of hydrogen-bond acceptors (Lipinski definition) is 3. The number of nitrogens with zero attached hydrogens (tertiary/aromatic N) is 2. The lowest BCUT2D eigenvalue weighted by Crippen LogP contribution is -2.27. The summed E-state index contributed by atoms with van der Waals surface area (Å²) < 4.78 is 0. The summed E-state index contributed by atoms with van der Waals surface area (Å²) >= 11 is 0. The Bertz CT molecular complexity index is 351. The van der Waals surface area contributed by atoms with Gasteiger partial charge in [0, 0.05) is 24.8 Å². The summed E-state index contributed by atoms with van der Waals surface area (Å²) in [6.45, 7) is 7.21. The van der Waals surface area contributed by atoms with E-state index in [-0.39, 0.29) is 0 Å². The Kier molecular flexibility index (Phi) is 3.56. The molecule has 0 radical (unpaired) electrons. The van der Waals surface area contributed by atoms with Crippen molar-refractivity contribution in [1.82, 2.24) is 9.88 Å². The summed E-state index contributed by atoms with van der Waals surface area (Å²) in [5, 5.41) is 0. The molecule has 0 aromatic carbocycles. The quantitative estimate of drug-likeness (QED) is 0.839. The Morgan fingerprint density at radius 2 is 2.31 bits per heavy atom. The van der Waals surface area contributed by atoms with E-state index >= 15 is 0 Å². The van der Waals surface area contributed by atoms with Crippen LogP contribution < -0.4 is 5.73 Å². The van der Waals surface area contributed by atoms with Gasteiger partial charge >= 0.3 is 0 Å². The highest BCUT2D eigenvalue weighted by Crippen LogP contribution is 2.23. The Morgan fingerprint density at radius 3 is 2.94 bits per heavy atom. The molecule has 0 saturated carbocycles. The Morgan fingerprint density at radius 1 is 1.50 bits per heavy atom. The van der Waals surface area contributed by atoms with E-state index in [0.717, 1.165) is 25.3 Å². The van der Waals surface area contributed by atoms with Crippen molar-refractivity contribution in [3.63, 3.8) is 0 Å². The summed E-state index contributed by atoms with van der Waals surface area (Å²) in [7, 11) is 0. The molecule has 2 atom stereocenters. The zero-order valence-corrected chi connectivity index (χ0v) is 10.2. The fraction of sp³-hybridized carbons (Fsp3) is 0.615. The standard InChI is InChI=1S/C13H21N3/c1-10-4-3-5-13(15-10)9-16-8-12(7-14)6-11(16)2/h3-5,11-12H,6-9,14H2,1-2H3. The van der Waals surface area contributed by atoms with Crippen LogP contribution in [0.2, 0.25) is 0 Å². The second kappa shape index (κ2) is 4.93. The average Bonchev–Trinajstić information content (AvgIpc) is 2.60. The summed E-state index contributed by atoms with van der Waals surface area (Å²) in [4.78, 5) is 7.03. The molecule has 2 N–H and O–H groups in total. The maximum atomic E-state index is 5.73. The van der Waals surface area contributed by atoms with E-state index in [2.05, 4.69) is 28.9 Å². The zero-order valence-electron chi connectivity index (χ0n) is 10.2. The minimum atomic E-state index is 0.635. The largest absolute Gasteiger partial charge is 0.330 e. The molecule has 2 heterocycles. The number of likely N-dealkylation sites (tertiary alicyclic amines) is 1. The second-order valence-corrected chi connectivity index (χ2v) is 4.89. The van der Waals surface area contributed by atoms with Crippen LogP contribution in [0.1, 0.15) is 24.7 Å². The molecule has 16 heavy (non-hydrogen) atoms. The number of pyridine rings is 1. The highest BCUT2D eigenvalue weighted by molar-refractivity contribution is 5.10. The van der Waals surface area contributed by atoms with Crippen LogP contribution in [-0.2, 0) is 6.54 Å². The first-order valence-corrected chi connectivity index (χ1v) is 6.05. The molecule has 88 valence electrons. The van der Waals surface area contributed by atoms with Crippen molar-refractivity contribution < 1.29 is 0 Å². The van der Waals surface area contributed by atoms with E-state index in [1.807, 2.05) is 13.0 Å². The molecule has 3 nitrogen and oxygen atoms in total. The number of aryl methyl sites for hydroxylation is 1. The van der Waals surface area contributed by atoms with Crippen molar-refractivity contribution in [3.8, 4) is 0 Å². The van der Waals surface area contributed by atoms with Crippen LogP contribution in [0.5, 0.6) is 0 Å². The van der Waals surface area contributed by atoms with Gasteiger partial charge in [0.1, 0.15) is 0 Å². The lowest BCUT2D eigenvalue weighted by atomic mass is 10.1. The molecule has 1 aromatic rings. The molecule has 3 heteroatoms. The van der Waals surface area contributed by atoms with Gasteiger partial charge in [-0.05, 0) is 44.9 Å². The van der Waals surface area contributed by atoms with Crippen molar-refractivity contribution in [2.45, 2.75) is 32.9 Å². The fourth-order valence-corrected chi connectivity index (χ4v) is 2.50. The van der Waals surface area contributed by atoms with Crippen molar-refractivity contribution in [2.75, 3.05) is 13.1 Å². The third-order valence-corrected chi connectivity index (χ3v) is 3.43. The van der Waals surface area contributed by atoms with Crippen molar-refractivity contribution in [1.29, 1.82) is 0 Å². The van der Waals surface area contributed by atoms with Crippen LogP contribution in [0.3, 0.4) is 0 Å². The van der Waals surface area contributed by atoms with Gasteiger partial charge in [0.05, 0.1) is 5.69 Å². The van der Waals surface area contributed by atoms with Gasteiger partial charge in [-0.3, -0.25) is 9.88 Å². The summed E-state index contributed by atoms with van der Waals surface area (Å²) in [6, 6.07) is 6.87. The molecule has 0 amide bonds. The van der Waals surface area contributed by atoms with Gasteiger partial charge in [-0.25, -0.2) is 0 Å². The highest BCUT2D eigenvalue weighted by Gasteiger charge is 2.27. The molecule has 2 unspecified atom stereocenters. The van der Waals surface area contributed by atoms with E-state index in [1.54, 1.807) is 0 Å². The first-order chi connectivity index (χ1) is 7.69. The minimum Gasteiger partial charge on any atom is -0.330 e. The van der Waals surface area contributed by atoms with Gasteiger partial charge in [-0.15, -0.1) is 0 Å². The number of hydrogen-bond donors (Lipinski definition) is 1. The molecular weight excluding hydrogens is 198 g/mol.